The Morgan fingerprint density at radius 3 is 2.48 bits per heavy atom. The number of aliphatic carboxylic acids is 1. The zero-order valence-corrected chi connectivity index (χ0v) is 11.5. The summed E-state index contributed by atoms with van der Waals surface area (Å²) in [6, 6.07) is 3.39. The number of carboxylic acids is 1. The topological polar surface area (TPSA) is 86.6 Å². The number of carbonyl (C=O) groups is 2. The van der Waals surface area contributed by atoms with E-state index in [0.717, 1.165) is 18.9 Å². The second-order valence-corrected chi connectivity index (χ2v) is 5.43. The largest absolute Gasteiger partial charge is 0.508 e. The third kappa shape index (κ3) is 3.93. The van der Waals surface area contributed by atoms with Gasteiger partial charge in [0.05, 0.1) is 11.5 Å². The molecule has 1 aromatic carbocycles. The summed E-state index contributed by atoms with van der Waals surface area (Å²) in [6.07, 6.45) is 2.72. The van der Waals surface area contributed by atoms with E-state index in [1.807, 2.05) is 0 Å². The molecule has 21 heavy (non-hydrogen) atoms. The smallest absolute Gasteiger partial charge is 0.306 e. The molecule has 1 aliphatic rings. The zero-order chi connectivity index (χ0) is 15.4. The molecule has 0 saturated heterocycles. The molecule has 0 aromatic heterocycles. The van der Waals surface area contributed by atoms with E-state index in [0.29, 0.717) is 19.4 Å². The number of aromatic hydroxyl groups is 1. The maximum atomic E-state index is 13.5. The van der Waals surface area contributed by atoms with Crippen LogP contribution in [-0.4, -0.2) is 28.6 Å². The molecule has 1 saturated carbocycles. The number of halogens is 1. The van der Waals surface area contributed by atoms with Crippen molar-refractivity contribution in [2.45, 2.75) is 25.7 Å². The maximum Gasteiger partial charge on any atom is 0.306 e. The first-order valence-corrected chi connectivity index (χ1v) is 6.97. The van der Waals surface area contributed by atoms with Crippen molar-refractivity contribution in [3.63, 3.8) is 0 Å². The number of carbonyl (C=O) groups excluding carboxylic acids is 1. The number of benzene rings is 1. The number of carboxylic acid groups (broad SMARTS) is 1. The van der Waals surface area contributed by atoms with Gasteiger partial charge in [0.25, 0.3) is 5.91 Å². The van der Waals surface area contributed by atoms with Crippen LogP contribution in [0.2, 0.25) is 0 Å². The Hall–Kier alpha value is -2.11. The number of nitrogens with one attached hydrogen (secondary N) is 1. The van der Waals surface area contributed by atoms with Gasteiger partial charge in [0.2, 0.25) is 0 Å². The van der Waals surface area contributed by atoms with Gasteiger partial charge in [-0.2, -0.15) is 0 Å². The van der Waals surface area contributed by atoms with Crippen LogP contribution in [0.25, 0.3) is 0 Å². The van der Waals surface area contributed by atoms with Crippen LogP contribution in [0.1, 0.15) is 36.0 Å². The van der Waals surface area contributed by atoms with Crippen LogP contribution in [0.5, 0.6) is 5.75 Å². The minimum atomic E-state index is -0.762. The number of phenols is 1. The highest BCUT2D eigenvalue weighted by Crippen LogP contribution is 2.28. The van der Waals surface area contributed by atoms with Gasteiger partial charge in [-0.05, 0) is 43.7 Å². The Morgan fingerprint density at radius 2 is 1.90 bits per heavy atom. The Balaban J connectivity index is 1.83. The molecule has 0 radical (unpaired) electrons. The van der Waals surface area contributed by atoms with E-state index in [9.17, 15) is 14.0 Å². The molecular formula is C15H18FNO4. The van der Waals surface area contributed by atoms with Crippen LogP contribution in [-0.2, 0) is 4.79 Å². The van der Waals surface area contributed by atoms with Crippen molar-refractivity contribution in [1.82, 2.24) is 5.32 Å². The number of phenolic OH excluding ortho intramolecular Hbond substituents is 1. The first-order chi connectivity index (χ1) is 9.97. The van der Waals surface area contributed by atoms with Gasteiger partial charge in [0.1, 0.15) is 11.6 Å². The van der Waals surface area contributed by atoms with Gasteiger partial charge in [-0.3, -0.25) is 9.59 Å². The van der Waals surface area contributed by atoms with Crippen molar-refractivity contribution in [3.8, 4) is 5.75 Å². The zero-order valence-electron chi connectivity index (χ0n) is 11.5. The summed E-state index contributed by atoms with van der Waals surface area (Å²) < 4.78 is 13.5. The fraction of sp³-hybridized carbons (Fsp3) is 0.467. The minimum Gasteiger partial charge on any atom is -0.508 e. The first-order valence-electron chi connectivity index (χ1n) is 6.97. The SMILES string of the molecule is O=C(NCC1CCC(C(=O)O)CC1)c1ccc(O)cc1F. The summed E-state index contributed by atoms with van der Waals surface area (Å²) in [5, 5.41) is 20.7. The number of rotatable bonds is 4. The maximum absolute atomic E-state index is 13.5. The first kappa shape index (κ1) is 15.3. The van der Waals surface area contributed by atoms with E-state index in [1.54, 1.807) is 0 Å². The summed E-state index contributed by atoms with van der Waals surface area (Å²) in [5.41, 5.74) is -0.105. The molecule has 1 aromatic rings. The highest BCUT2D eigenvalue weighted by molar-refractivity contribution is 5.94. The molecule has 0 aliphatic heterocycles. The fourth-order valence-electron chi connectivity index (χ4n) is 2.63. The lowest BCUT2D eigenvalue weighted by atomic mass is 9.82. The standard InChI is InChI=1S/C15H18FNO4/c16-13-7-11(18)5-6-12(13)14(19)17-8-9-1-3-10(4-2-9)15(20)21/h5-7,9-10,18H,1-4,8H2,(H,17,19)(H,20,21). The molecule has 114 valence electrons. The van der Waals surface area contributed by atoms with Crippen LogP contribution in [0.4, 0.5) is 4.39 Å². The Kier molecular flexibility index (Phi) is 4.77. The Labute approximate surface area is 121 Å². The van der Waals surface area contributed by atoms with Crippen molar-refractivity contribution < 1.29 is 24.2 Å². The highest BCUT2D eigenvalue weighted by atomic mass is 19.1. The van der Waals surface area contributed by atoms with Gasteiger partial charge in [-0.15, -0.1) is 0 Å². The van der Waals surface area contributed by atoms with Gasteiger partial charge in [-0.25, -0.2) is 4.39 Å². The van der Waals surface area contributed by atoms with Gasteiger partial charge in [0, 0.05) is 12.6 Å². The van der Waals surface area contributed by atoms with Crippen molar-refractivity contribution in [1.29, 1.82) is 0 Å². The summed E-state index contributed by atoms with van der Waals surface area (Å²) >= 11 is 0. The Morgan fingerprint density at radius 1 is 1.24 bits per heavy atom. The van der Waals surface area contributed by atoms with E-state index in [4.69, 9.17) is 10.2 Å². The lowest BCUT2D eigenvalue weighted by Crippen LogP contribution is -2.32. The summed E-state index contributed by atoms with van der Waals surface area (Å²) in [6.45, 7) is 0.408. The normalized spacial score (nSPS) is 21.8. The van der Waals surface area contributed by atoms with E-state index < -0.39 is 17.7 Å². The number of amides is 1. The Bertz CT molecular complexity index is 538. The number of hydrogen-bond donors (Lipinski definition) is 3. The van der Waals surface area contributed by atoms with Crippen molar-refractivity contribution >= 4 is 11.9 Å². The monoisotopic (exact) mass is 295 g/mol. The van der Waals surface area contributed by atoms with Crippen molar-refractivity contribution in [3.05, 3.63) is 29.6 Å². The molecule has 3 N–H and O–H groups in total. The molecule has 0 atom stereocenters. The molecule has 6 heteroatoms. The molecule has 5 nitrogen and oxygen atoms in total. The average Bonchev–Trinajstić information content (AvgIpc) is 2.45. The van der Waals surface area contributed by atoms with Gasteiger partial charge in [0.15, 0.2) is 0 Å². The predicted octanol–water partition coefficient (Wildman–Crippen LogP) is 2.15. The lowest BCUT2D eigenvalue weighted by Gasteiger charge is -2.26. The summed E-state index contributed by atoms with van der Waals surface area (Å²) in [5.74, 6) is -2.33. The van der Waals surface area contributed by atoms with E-state index in [-0.39, 0.29) is 23.1 Å². The van der Waals surface area contributed by atoms with Crippen molar-refractivity contribution in [2.24, 2.45) is 11.8 Å². The third-order valence-electron chi connectivity index (χ3n) is 3.94. The van der Waals surface area contributed by atoms with E-state index >= 15 is 0 Å². The molecule has 0 spiro atoms. The molecule has 2 rings (SSSR count). The molecule has 1 amide bonds. The van der Waals surface area contributed by atoms with Crippen LogP contribution in [0.3, 0.4) is 0 Å². The van der Waals surface area contributed by atoms with E-state index in [1.165, 1.54) is 12.1 Å². The average molecular weight is 295 g/mol. The van der Waals surface area contributed by atoms with Crippen LogP contribution < -0.4 is 5.32 Å². The van der Waals surface area contributed by atoms with Gasteiger partial charge in [-0.1, -0.05) is 0 Å². The molecule has 0 bridgehead atoms. The van der Waals surface area contributed by atoms with Gasteiger partial charge >= 0.3 is 5.97 Å². The quantitative estimate of drug-likeness (QED) is 0.794. The fourth-order valence-corrected chi connectivity index (χ4v) is 2.63. The number of hydrogen-bond acceptors (Lipinski definition) is 3. The second-order valence-electron chi connectivity index (χ2n) is 5.43. The highest BCUT2D eigenvalue weighted by Gasteiger charge is 2.26. The molecule has 1 aliphatic carbocycles. The van der Waals surface area contributed by atoms with Gasteiger partial charge < -0.3 is 15.5 Å². The molecule has 0 unspecified atom stereocenters. The molecule has 0 heterocycles. The van der Waals surface area contributed by atoms with Crippen LogP contribution in [0, 0.1) is 17.7 Å². The molecule has 1 fully saturated rings. The third-order valence-corrected chi connectivity index (χ3v) is 3.94. The second kappa shape index (κ2) is 6.56. The summed E-state index contributed by atoms with van der Waals surface area (Å²) in [4.78, 5) is 22.7. The lowest BCUT2D eigenvalue weighted by molar-refractivity contribution is -0.143. The van der Waals surface area contributed by atoms with Crippen molar-refractivity contribution in [2.75, 3.05) is 6.54 Å². The summed E-state index contributed by atoms with van der Waals surface area (Å²) in [7, 11) is 0. The predicted molar refractivity (Wildman–Crippen MR) is 73.5 cm³/mol. The minimum absolute atomic E-state index is 0.105. The molecular weight excluding hydrogens is 277 g/mol. The van der Waals surface area contributed by atoms with E-state index in [2.05, 4.69) is 5.32 Å². The van der Waals surface area contributed by atoms with Crippen LogP contribution in [0.15, 0.2) is 18.2 Å². The van der Waals surface area contributed by atoms with Crippen LogP contribution >= 0.6 is 0 Å².